The summed E-state index contributed by atoms with van der Waals surface area (Å²) in [7, 11) is 0. The highest BCUT2D eigenvalue weighted by molar-refractivity contribution is 6.30. The monoisotopic (exact) mass is 419 g/mol. The van der Waals surface area contributed by atoms with Crippen molar-refractivity contribution in [3.05, 3.63) is 93.0 Å². The van der Waals surface area contributed by atoms with Crippen LogP contribution in [0.15, 0.2) is 65.6 Å². The molecule has 0 saturated carbocycles. The molecule has 1 aliphatic carbocycles. The molecular weight excluding hydrogens is 398 g/mol. The lowest BCUT2D eigenvalue weighted by Crippen LogP contribution is -2.36. The molecule has 30 heavy (non-hydrogen) atoms. The van der Waals surface area contributed by atoms with E-state index in [1.807, 2.05) is 30.3 Å². The van der Waals surface area contributed by atoms with Crippen LogP contribution in [-0.4, -0.2) is 20.4 Å². The maximum Gasteiger partial charge on any atom is 0.280 e. The van der Waals surface area contributed by atoms with Crippen molar-refractivity contribution in [3.63, 3.8) is 0 Å². The Morgan fingerprint density at radius 1 is 1.17 bits per heavy atom. The molecule has 0 radical (unpaired) electrons. The van der Waals surface area contributed by atoms with E-state index < -0.39 is 0 Å². The largest absolute Gasteiger partial charge is 0.370 e. The average Bonchev–Trinajstić information content (AvgIpc) is 3.11. The number of aromatic amines is 1. The first kappa shape index (κ1) is 19.1. The smallest absolute Gasteiger partial charge is 0.280 e. The molecule has 5 nitrogen and oxygen atoms in total. The minimum absolute atomic E-state index is 0.111. The topological polar surface area (TPSA) is 59.9 Å². The van der Waals surface area contributed by atoms with Crippen LogP contribution < -0.4 is 5.56 Å². The lowest BCUT2D eigenvalue weighted by molar-refractivity contribution is -0.0521. The maximum absolute atomic E-state index is 13.0. The molecule has 1 unspecified atom stereocenters. The van der Waals surface area contributed by atoms with E-state index in [9.17, 15) is 4.79 Å². The summed E-state index contributed by atoms with van der Waals surface area (Å²) in [6.07, 6.45) is 4.12. The molecule has 1 aliphatic rings. The molecule has 0 aliphatic heterocycles. The molecule has 0 saturated heterocycles. The molecule has 0 bridgehead atoms. The van der Waals surface area contributed by atoms with Crippen LogP contribution in [0.3, 0.4) is 0 Å². The number of aryl methyl sites for hydroxylation is 1. The van der Waals surface area contributed by atoms with Crippen molar-refractivity contribution in [2.45, 2.75) is 38.4 Å². The van der Waals surface area contributed by atoms with Crippen molar-refractivity contribution in [3.8, 4) is 5.69 Å². The van der Waals surface area contributed by atoms with Crippen LogP contribution in [-0.2, 0) is 24.2 Å². The van der Waals surface area contributed by atoms with Gasteiger partial charge < -0.3 is 4.74 Å². The standard InChI is InChI=1S/C24H22ClN3O2/c1-24(30-15-16-5-3-2-4-6-16)12-11-21-19(13-24)22-20(14-26-21)23(29)28(27-22)18-9-7-17(25)8-10-18/h2-10,14,27H,11-13,15H2,1H3. The van der Waals surface area contributed by atoms with Crippen LogP contribution in [0.25, 0.3) is 16.6 Å². The number of nitrogens with one attached hydrogen (secondary N) is 1. The maximum atomic E-state index is 13.0. The number of pyridine rings is 1. The second kappa shape index (κ2) is 7.42. The van der Waals surface area contributed by atoms with Gasteiger partial charge in [0.05, 0.1) is 28.8 Å². The molecule has 0 amide bonds. The minimum atomic E-state index is -0.307. The molecule has 0 spiro atoms. The van der Waals surface area contributed by atoms with Gasteiger partial charge >= 0.3 is 0 Å². The Morgan fingerprint density at radius 2 is 1.93 bits per heavy atom. The lowest BCUT2D eigenvalue weighted by atomic mass is 9.83. The summed E-state index contributed by atoms with van der Waals surface area (Å²) in [6.45, 7) is 2.71. The molecule has 6 heteroatoms. The molecule has 2 aromatic carbocycles. The van der Waals surface area contributed by atoms with E-state index in [1.54, 1.807) is 23.0 Å². The van der Waals surface area contributed by atoms with E-state index in [0.29, 0.717) is 23.4 Å². The predicted molar refractivity (Wildman–Crippen MR) is 118 cm³/mol. The molecular formula is C24H22ClN3O2. The first-order valence-electron chi connectivity index (χ1n) is 10.1. The molecule has 5 rings (SSSR count). The summed E-state index contributed by atoms with van der Waals surface area (Å²) in [5.74, 6) is 0. The van der Waals surface area contributed by atoms with Gasteiger partial charge in [0.1, 0.15) is 0 Å². The molecule has 1 atom stereocenters. The van der Waals surface area contributed by atoms with E-state index in [0.717, 1.165) is 40.9 Å². The van der Waals surface area contributed by atoms with Gasteiger partial charge in [-0.25, -0.2) is 4.68 Å². The highest BCUT2D eigenvalue weighted by Crippen LogP contribution is 2.34. The number of nitrogens with zero attached hydrogens (tertiary/aromatic N) is 2. The van der Waals surface area contributed by atoms with Gasteiger partial charge in [-0.2, -0.15) is 0 Å². The summed E-state index contributed by atoms with van der Waals surface area (Å²) >= 11 is 6.00. The third-order valence-electron chi connectivity index (χ3n) is 5.88. The number of aromatic nitrogens is 3. The van der Waals surface area contributed by atoms with Crippen LogP contribution in [0.2, 0.25) is 5.02 Å². The van der Waals surface area contributed by atoms with Gasteiger partial charge in [0.25, 0.3) is 5.56 Å². The van der Waals surface area contributed by atoms with Crippen molar-refractivity contribution in [1.29, 1.82) is 0 Å². The van der Waals surface area contributed by atoms with Crippen LogP contribution in [0.1, 0.15) is 30.2 Å². The number of hydrogen-bond donors (Lipinski definition) is 1. The Balaban J connectivity index is 1.50. The summed E-state index contributed by atoms with van der Waals surface area (Å²) in [6, 6.07) is 17.4. The Labute approximate surface area is 179 Å². The zero-order valence-corrected chi connectivity index (χ0v) is 17.4. The van der Waals surface area contributed by atoms with Gasteiger partial charge in [0.2, 0.25) is 0 Å². The Kier molecular flexibility index (Phi) is 4.72. The fourth-order valence-corrected chi connectivity index (χ4v) is 4.27. The first-order chi connectivity index (χ1) is 14.5. The van der Waals surface area contributed by atoms with Gasteiger partial charge in [0.15, 0.2) is 0 Å². The van der Waals surface area contributed by atoms with Crippen molar-refractivity contribution >= 4 is 22.5 Å². The van der Waals surface area contributed by atoms with Gasteiger partial charge in [-0.15, -0.1) is 0 Å². The second-order valence-corrected chi connectivity index (χ2v) is 8.54. The minimum Gasteiger partial charge on any atom is -0.370 e. The first-order valence-corrected chi connectivity index (χ1v) is 10.5. The lowest BCUT2D eigenvalue weighted by Gasteiger charge is -2.34. The number of benzene rings is 2. The van der Waals surface area contributed by atoms with Crippen LogP contribution in [0.4, 0.5) is 0 Å². The van der Waals surface area contributed by atoms with Gasteiger partial charge in [-0.05, 0) is 49.6 Å². The van der Waals surface area contributed by atoms with E-state index in [4.69, 9.17) is 16.3 Å². The Hall–Kier alpha value is -2.89. The van der Waals surface area contributed by atoms with Gasteiger partial charge in [-0.3, -0.25) is 14.9 Å². The van der Waals surface area contributed by atoms with Crippen LogP contribution in [0.5, 0.6) is 0 Å². The van der Waals surface area contributed by atoms with Gasteiger partial charge in [-0.1, -0.05) is 41.9 Å². The zero-order valence-electron chi connectivity index (χ0n) is 16.7. The third-order valence-corrected chi connectivity index (χ3v) is 6.13. The summed E-state index contributed by atoms with van der Waals surface area (Å²) in [5.41, 5.74) is 4.43. The molecule has 1 N–H and O–H groups in total. The van der Waals surface area contributed by atoms with Crippen molar-refractivity contribution in [1.82, 2.24) is 14.8 Å². The van der Waals surface area contributed by atoms with E-state index in [1.165, 1.54) is 0 Å². The fourth-order valence-electron chi connectivity index (χ4n) is 4.14. The van der Waals surface area contributed by atoms with E-state index >= 15 is 0 Å². The number of rotatable bonds is 4. The molecule has 4 aromatic rings. The van der Waals surface area contributed by atoms with Crippen LogP contribution in [0, 0.1) is 0 Å². The van der Waals surface area contributed by atoms with Crippen molar-refractivity contribution in [2.24, 2.45) is 0 Å². The fraction of sp³-hybridized carbons (Fsp3) is 0.250. The number of hydrogen-bond acceptors (Lipinski definition) is 3. The van der Waals surface area contributed by atoms with Crippen molar-refractivity contribution < 1.29 is 4.74 Å². The predicted octanol–water partition coefficient (Wildman–Crippen LogP) is 4.83. The Morgan fingerprint density at radius 3 is 2.70 bits per heavy atom. The van der Waals surface area contributed by atoms with Crippen molar-refractivity contribution in [2.75, 3.05) is 0 Å². The number of ether oxygens (including phenoxy) is 1. The van der Waals surface area contributed by atoms with Crippen LogP contribution >= 0.6 is 11.6 Å². The molecule has 2 heterocycles. The molecule has 152 valence electrons. The third kappa shape index (κ3) is 3.44. The average molecular weight is 420 g/mol. The second-order valence-electron chi connectivity index (χ2n) is 8.10. The number of H-pyrrole nitrogens is 1. The highest BCUT2D eigenvalue weighted by atomic mass is 35.5. The highest BCUT2D eigenvalue weighted by Gasteiger charge is 2.33. The number of fused-ring (bicyclic) bond motifs is 3. The summed E-state index contributed by atoms with van der Waals surface area (Å²) < 4.78 is 7.91. The summed E-state index contributed by atoms with van der Waals surface area (Å²) in [4.78, 5) is 17.6. The Bertz CT molecular complexity index is 1260. The zero-order chi connectivity index (χ0) is 20.7. The normalized spacial score (nSPS) is 18.5. The van der Waals surface area contributed by atoms with Gasteiger partial charge in [0, 0.05) is 28.9 Å². The molecule has 2 aromatic heterocycles. The quantitative estimate of drug-likeness (QED) is 0.515. The van der Waals surface area contributed by atoms with E-state index in [-0.39, 0.29) is 11.2 Å². The summed E-state index contributed by atoms with van der Waals surface area (Å²) in [5, 5.41) is 4.53. The SMILES string of the molecule is CC1(OCc2ccccc2)CCc2ncc3c(=O)n(-c4ccc(Cl)cc4)[nH]c3c2C1. The van der Waals surface area contributed by atoms with E-state index in [2.05, 4.69) is 29.1 Å². The number of halogens is 1. The molecule has 0 fully saturated rings.